The molecule has 1 amide bonds. The average molecular weight is 343 g/mol. The van der Waals surface area contributed by atoms with E-state index < -0.39 is 34.7 Å². The Morgan fingerprint density at radius 1 is 1.30 bits per heavy atom. The first kappa shape index (κ1) is 18.8. The van der Waals surface area contributed by atoms with Crippen molar-refractivity contribution in [2.24, 2.45) is 0 Å². The number of amides is 1. The van der Waals surface area contributed by atoms with E-state index in [0.29, 0.717) is 17.3 Å². The Morgan fingerprint density at radius 3 is 2.48 bits per heavy atom. The molecule has 0 bridgehead atoms. The van der Waals surface area contributed by atoms with Crippen LogP contribution in [0.3, 0.4) is 0 Å². The van der Waals surface area contributed by atoms with E-state index in [1.54, 1.807) is 0 Å². The smallest absolute Gasteiger partial charge is 0.327 e. The van der Waals surface area contributed by atoms with Crippen LogP contribution < -0.4 is 0 Å². The van der Waals surface area contributed by atoms with Crippen LogP contribution in [0.1, 0.15) is 12.5 Å². The van der Waals surface area contributed by atoms with Crippen LogP contribution in [0.2, 0.25) is 0 Å². The first-order chi connectivity index (χ1) is 10.7. The third kappa shape index (κ3) is 5.82. The maximum Gasteiger partial charge on any atom is 0.327 e. The molecule has 0 spiro atoms. The van der Waals surface area contributed by atoms with Crippen LogP contribution in [0.15, 0.2) is 24.3 Å². The third-order valence-electron chi connectivity index (χ3n) is 2.99. The van der Waals surface area contributed by atoms with Gasteiger partial charge >= 0.3 is 5.97 Å². The fraction of sp³-hybridized carbons (Fsp3) is 0.267. The van der Waals surface area contributed by atoms with Crippen molar-refractivity contribution >= 4 is 34.8 Å². The van der Waals surface area contributed by atoms with Crippen molar-refractivity contribution in [2.45, 2.75) is 13.0 Å². The molecule has 1 N–H and O–H groups in total. The highest BCUT2D eigenvalue weighted by atomic mass is 32.2. The van der Waals surface area contributed by atoms with Gasteiger partial charge in [0.1, 0.15) is 6.04 Å². The summed E-state index contributed by atoms with van der Waals surface area (Å²) in [5.74, 6) is -3.78. The molecule has 0 aliphatic heterocycles. The summed E-state index contributed by atoms with van der Waals surface area (Å²) < 4.78 is 25.8. The Kier molecular flexibility index (Phi) is 6.89. The number of halogens is 2. The minimum atomic E-state index is -1.22. The molecular weight excluding hydrogens is 328 g/mol. The van der Waals surface area contributed by atoms with E-state index in [1.807, 2.05) is 0 Å². The molecule has 0 saturated carbocycles. The van der Waals surface area contributed by atoms with Gasteiger partial charge in [-0.3, -0.25) is 9.59 Å². The molecule has 0 fully saturated rings. The number of thioether (sulfide) groups is 1. The fourth-order valence-corrected chi connectivity index (χ4v) is 2.41. The molecule has 1 aromatic rings. The summed E-state index contributed by atoms with van der Waals surface area (Å²) in [6, 6.07) is 2.05. The SMILES string of the molecule is CC(=O)N(C)[C@@H](CSC(=O)/C=C/c1ccc(F)c(F)c1)C(=O)O. The lowest BCUT2D eigenvalue weighted by atomic mass is 10.2. The van der Waals surface area contributed by atoms with Crippen LogP contribution in [0.25, 0.3) is 6.08 Å². The number of benzene rings is 1. The molecule has 1 aromatic carbocycles. The van der Waals surface area contributed by atoms with Crippen molar-refractivity contribution in [1.82, 2.24) is 4.90 Å². The number of rotatable bonds is 6. The summed E-state index contributed by atoms with van der Waals surface area (Å²) in [5.41, 5.74) is 0.300. The highest BCUT2D eigenvalue weighted by molar-refractivity contribution is 8.14. The van der Waals surface area contributed by atoms with Crippen molar-refractivity contribution in [3.63, 3.8) is 0 Å². The van der Waals surface area contributed by atoms with Gasteiger partial charge in [0.15, 0.2) is 11.6 Å². The molecule has 0 unspecified atom stereocenters. The van der Waals surface area contributed by atoms with Crippen LogP contribution >= 0.6 is 11.8 Å². The summed E-state index contributed by atoms with van der Waals surface area (Å²) in [5, 5.41) is 8.60. The molecule has 0 aliphatic rings. The van der Waals surface area contributed by atoms with Gasteiger partial charge in [0.25, 0.3) is 0 Å². The van der Waals surface area contributed by atoms with Crippen LogP contribution in [0.5, 0.6) is 0 Å². The maximum atomic E-state index is 13.0. The maximum absolute atomic E-state index is 13.0. The van der Waals surface area contributed by atoms with E-state index in [0.717, 1.165) is 23.1 Å². The predicted molar refractivity (Wildman–Crippen MR) is 82.7 cm³/mol. The number of carbonyl (C=O) groups excluding carboxylic acids is 2. The Balaban J connectivity index is 2.64. The molecule has 0 radical (unpaired) electrons. The summed E-state index contributed by atoms with van der Waals surface area (Å²) in [6.07, 6.45) is 2.42. The van der Waals surface area contributed by atoms with Gasteiger partial charge in [-0.2, -0.15) is 0 Å². The second-order valence-electron chi connectivity index (χ2n) is 4.62. The second kappa shape index (κ2) is 8.42. The Bertz CT molecular complexity index is 648. The minimum Gasteiger partial charge on any atom is -0.480 e. The van der Waals surface area contributed by atoms with Crippen LogP contribution in [0.4, 0.5) is 8.78 Å². The lowest BCUT2D eigenvalue weighted by Gasteiger charge is -2.22. The number of likely N-dealkylation sites (N-methyl/N-ethyl adjacent to an activating group) is 1. The van der Waals surface area contributed by atoms with Crippen molar-refractivity contribution in [2.75, 3.05) is 12.8 Å². The lowest BCUT2D eigenvalue weighted by Crippen LogP contribution is -2.43. The number of carboxylic acid groups (broad SMARTS) is 1. The van der Waals surface area contributed by atoms with E-state index in [4.69, 9.17) is 5.11 Å². The predicted octanol–water partition coefficient (Wildman–Crippen LogP) is 2.17. The Labute approximate surface area is 136 Å². The molecule has 5 nitrogen and oxygen atoms in total. The van der Waals surface area contributed by atoms with Crippen LogP contribution in [0, 0.1) is 11.6 Å². The highest BCUT2D eigenvalue weighted by Crippen LogP contribution is 2.13. The van der Waals surface area contributed by atoms with Crippen molar-refractivity contribution in [1.29, 1.82) is 0 Å². The molecule has 0 heterocycles. The number of carbonyl (C=O) groups is 3. The molecule has 1 atom stereocenters. The number of nitrogens with zero attached hydrogens (tertiary/aromatic N) is 1. The van der Waals surface area contributed by atoms with Gasteiger partial charge in [-0.15, -0.1) is 0 Å². The largest absolute Gasteiger partial charge is 0.480 e. The van der Waals surface area contributed by atoms with Gasteiger partial charge in [0.05, 0.1) is 0 Å². The zero-order valence-electron chi connectivity index (χ0n) is 12.5. The van der Waals surface area contributed by atoms with E-state index in [9.17, 15) is 23.2 Å². The van der Waals surface area contributed by atoms with Crippen LogP contribution in [-0.2, 0) is 14.4 Å². The standard InChI is InChI=1S/C15H15F2NO4S/c1-9(19)18(2)13(15(21)22)8-23-14(20)6-4-10-3-5-11(16)12(17)7-10/h3-7,13H,8H2,1-2H3,(H,21,22)/b6-4+/t13-/m0/s1. The van der Waals surface area contributed by atoms with E-state index >= 15 is 0 Å². The molecular formula is C15H15F2NO4S. The highest BCUT2D eigenvalue weighted by Gasteiger charge is 2.25. The van der Waals surface area contributed by atoms with Crippen LogP contribution in [-0.4, -0.2) is 45.8 Å². The fourth-order valence-electron chi connectivity index (χ4n) is 1.56. The van der Waals surface area contributed by atoms with Gasteiger partial charge in [0.2, 0.25) is 11.0 Å². The molecule has 0 saturated heterocycles. The van der Waals surface area contributed by atoms with Gasteiger partial charge in [-0.05, 0) is 23.8 Å². The van der Waals surface area contributed by atoms with Crippen molar-refractivity contribution in [3.05, 3.63) is 41.5 Å². The molecule has 0 aliphatic carbocycles. The first-order valence-electron chi connectivity index (χ1n) is 6.48. The molecule has 8 heteroatoms. The zero-order chi connectivity index (χ0) is 17.6. The minimum absolute atomic E-state index is 0.119. The number of hydrogen-bond donors (Lipinski definition) is 1. The number of hydrogen-bond acceptors (Lipinski definition) is 4. The topological polar surface area (TPSA) is 74.7 Å². The van der Waals surface area contributed by atoms with Gasteiger partial charge in [-0.25, -0.2) is 13.6 Å². The van der Waals surface area contributed by atoms with E-state index in [-0.39, 0.29) is 5.75 Å². The lowest BCUT2D eigenvalue weighted by molar-refractivity contribution is -0.147. The monoisotopic (exact) mass is 343 g/mol. The zero-order valence-corrected chi connectivity index (χ0v) is 13.3. The normalized spacial score (nSPS) is 12.2. The first-order valence-corrected chi connectivity index (χ1v) is 7.47. The van der Waals surface area contributed by atoms with Gasteiger partial charge < -0.3 is 10.0 Å². The second-order valence-corrected chi connectivity index (χ2v) is 5.65. The summed E-state index contributed by atoms with van der Waals surface area (Å²) in [7, 11) is 1.34. The van der Waals surface area contributed by atoms with E-state index in [1.165, 1.54) is 26.1 Å². The average Bonchev–Trinajstić information content (AvgIpc) is 2.48. The molecule has 124 valence electrons. The number of carboxylic acids is 1. The molecule has 0 aromatic heterocycles. The Hall–Kier alpha value is -2.22. The summed E-state index contributed by atoms with van der Waals surface area (Å²) in [6.45, 7) is 1.23. The summed E-state index contributed by atoms with van der Waals surface area (Å²) >= 11 is 0.717. The van der Waals surface area contributed by atoms with Crippen molar-refractivity contribution < 1.29 is 28.3 Å². The van der Waals surface area contributed by atoms with E-state index in [2.05, 4.69) is 0 Å². The quantitative estimate of drug-likeness (QED) is 0.801. The molecule has 23 heavy (non-hydrogen) atoms. The summed E-state index contributed by atoms with van der Waals surface area (Å²) in [4.78, 5) is 35.0. The van der Waals surface area contributed by atoms with Crippen molar-refractivity contribution in [3.8, 4) is 0 Å². The Morgan fingerprint density at radius 2 is 1.96 bits per heavy atom. The number of aliphatic carboxylic acids is 1. The van der Waals surface area contributed by atoms with Gasteiger partial charge in [-0.1, -0.05) is 23.9 Å². The molecule has 1 rings (SSSR count). The third-order valence-corrected chi connectivity index (χ3v) is 3.89. The van der Waals surface area contributed by atoms with Gasteiger partial charge in [0, 0.05) is 19.7 Å².